The summed E-state index contributed by atoms with van der Waals surface area (Å²) in [6.07, 6.45) is 13.5. The first kappa shape index (κ1) is 10.5. The van der Waals surface area contributed by atoms with Crippen molar-refractivity contribution in [2.24, 2.45) is 11.8 Å². The Morgan fingerprint density at radius 2 is 1.36 bits per heavy atom. The first-order valence-corrected chi connectivity index (χ1v) is 6.66. The predicted octanol–water partition coefficient (Wildman–Crippen LogP) is 3.35. The lowest BCUT2D eigenvalue weighted by Crippen LogP contribution is -2.27. The molecular formula is C13H25N. The molecule has 0 aromatic rings. The minimum Gasteiger partial charge on any atom is -0.317 e. The molecule has 2 rings (SSSR count). The van der Waals surface area contributed by atoms with Crippen molar-refractivity contribution in [1.29, 1.82) is 0 Å². The Balaban J connectivity index is 1.52. The van der Waals surface area contributed by atoms with E-state index in [1.54, 1.807) is 0 Å². The summed E-state index contributed by atoms with van der Waals surface area (Å²) in [5.41, 5.74) is 0. The van der Waals surface area contributed by atoms with E-state index in [9.17, 15) is 0 Å². The second-order valence-corrected chi connectivity index (χ2v) is 5.27. The number of piperidine rings is 1. The maximum absolute atomic E-state index is 3.45. The Morgan fingerprint density at radius 1 is 0.786 bits per heavy atom. The van der Waals surface area contributed by atoms with Crippen molar-refractivity contribution in [3.63, 3.8) is 0 Å². The zero-order chi connectivity index (χ0) is 9.64. The highest BCUT2D eigenvalue weighted by Gasteiger charge is 2.16. The van der Waals surface area contributed by atoms with E-state index in [0.717, 1.165) is 11.8 Å². The average Bonchev–Trinajstić information content (AvgIpc) is 2.72. The number of nitrogens with one attached hydrogen (secondary N) is 1. The maximum atomic E-state index is 3.45. The first-order chi connectivity index (χ1) is 6.95. The van der Waals surface area contributed by atoms with E-state index in [1.165, 1.54) is 70.9 Å². The van der Waals surface area contributed by atoms with Crippen LogP contribution in [0.5, 0.6) is 0 Å². The van der Waals surface area contributed by atoms with Crippen LogP contribution >= 0.6 is 0 Å². The molecular weight excluding hydrogens is 170 g/mol. The van der Waals surface area contributed by atoms with Gasteiger partial charge in [0.15, 0.2) is 0 Å². The summed E-state index contributed by atoms with van der Waals surface area (Å²) < 4.78 is 0. The van der Waals surface area contributed by atoms with E-state index < -0.39 is 0 Å². The number of hydrogen-bond donors (Lipinski definition) is 1. The molecule has 14 heavy (non-hydrogen) atoms. The van der Waals surface area contributed by atoms with E-state index in [4.69, 9.17) is 0 Å². The van der Waals surface area contributed by atoms with Crippen LogP contribution in [0, 0.1) is 11.8 Å². The summed E-state index contributed by atoms with van der Waals surface area (Å²) in [5.74, 6) is 2.16. The Bertz CT molecular complexity index is 143. The summed E-state index contributed by atoms with van der Waals surface area (Å²) >= 11 is 0. The summed E-state index contributed by atoms with van der Waals surface area (Å²) in [6.45, 7) is 2.54. The van der Waals surface area contributed by atoms with Crippen LogP contribution in [0.3, 0.4) is 0 Å². The maximum Gasteiger partial charge on any atom is -0.00463 e. The topological polar surface area (TPSA) is 12.0 Å². The molecule has 82 valence electrons. The van der Waals surface area contributed by atoms with Crippen LogP contribution in [0.2, 0.25) is 0 Å². The molecule has 1 heterocycles. The van der Waals surface area contributed by atoms with Gasteiger partial charge in [-0.2, -0.15) is 0 Å². The molecule has 1 aliphatic heterocycles. The van der Waals surface area contributed by atoms with Gasteiger partial charge in [-0.1, -0.05) is 44.9 Å². The summed E-state index contributed by atoms with van der Waals surface area (Å²) in [7, 11) is 0. The first-order valence-electron chi connectivity index (χ1n) is 6.66. The molecule has 0 spiro atoms. The van der Waals surface area contributed by atoms with Crippen molar-refractivity contribution >= 4 is 0 Å². The van der Waals surface area contributed by atoms with Crippen LogP contribution in [0.1, 0.15) is 57.8 Å². The lowest BCUT2D eigenvalue weighted by molar-refractivity contribution is 0.331. The van der Waals surface area contributed by atoms with Gasteiger partial charge in [-0.3, -0.25) is 0 Å². The fraction of sp³-hybridized carbons (Fsp3) is 1.00. The van der Waals surface area contributed by atoms with Gasteiger partial charge >= 0.3 is 0 Å². The fourth-order valence-electron chi connectivity index (χ4n) is 3.16. The highest BCUT2D eigenvalue weighted by molar-refractivity contribution is 4.71. The minimum absolute atomic E-state index is 1.05. The van der Waals surface area contributed by atoms with E-state index in [-0.39, 0.29) is 0 Å². The van der Waals surface area contributed by atoms with E-state index in [1.807, 2.05) is 0 Å². The van der Waals surface area contributed by atoms with Gasteiger partial charge in [-0.15, -0.1) is 0 Å². The predicted molar refractivity (Wildman–Crippen MR) is 61.4 cm³/mol. The Labute approximate surface area is 88.7 Å². The highest BCUT2D eigenvalue weighted by atomic mass is 14.9. The molecule has 0 atom stereocenters. The van der Waals surface area contributed by atoms with Crippen molar-refractivity contribution in [1.82, 2.24) is 5.32 Å². The van der Waals surface area contributed by atoms with Crippen molar-refractivity contribution < 1.29 is 0 Å². The summed E-state index contributed by atoms with van der Waals surface area (Å²) in [6, 6.07) is 0. The number of hydrogen-bond acceptors (Lipinski definition) is 1. The quantitative estimate of drug-likeness (QED) is 0.725. The number of rotatable bonds is 4. The van der Waals surface area contributed by atoms with Crippen molar-refractivity contribution in [3.05, 3.63) is 0 Å². The lowest BCUT2D eigenvalue weighted by atomic mass is 9.90. The second-order valence-electron chi connectivity index (χ2n) is 5.27. The SMILES string of the molecule is C1CCC(CCCC2CCNCC2)C1. The second kappa shape index (κ2) is 5.75. The molecule has 1 nitrogen and oxygen atoms in total. The molecule has 0 radical (unpaired) electrons. The molecule has 0 amide bonds. The van der Waals surface area contributed by atoms with Gasteiger partial charge in [0.2, 0.25) is 0 Å². The molecule has 1 aliphatic carbocycles. The van der Waals surface area contributed by atoms with Crippen molar-refractivity contribution in [3.8, 4) is 0 Å². The zero-order valence-corrected chi connectivity index (χ0v) is 9.43. The summed E-state index contributed by atoms with van der Waals surface area (Å²) in [5, 5.41) is 3.45. The van der Waals surface area contributed by atoms with Gasteiger partial charge in [-0.25, -0.2) is 0 Å². The van der Waals surface area contributed by atoms with E-state index in [2.05, 4.69) is 5.32 Å². The smallest absolute Gasteiger partial charge is 0.00463 e. The molecule has 0 unspecified atom stereocenters. The fourth-order valence-corrected chi connectivity index (χ4v) is 3.16. The van der Waals surface area contributed by atoms with Gasteiger partial charge in [0, 0.05) is 0 Å². The van der Waals surface area contributed by atoms with Crippen LogP contribution in [-0.2, 0) is 0 Å². The Hall–Kier alpha value is -0.0400. The molecule has 0 aromatic carbocycles. The van der Waals surface area contributed by atoms with Gasteiger partial charge in [0.25, 0.3) is 0 Å². The largest absolute Gasteiger partial charge is 0.317 e. The third-order valence-electron chi connectivity index (χ3n) is 4.16. The molecule has 2 fully saturated rings. The molecule has 0 bridgehead atoms. The van der Waals surface area contributed by atoms with Crippen LogP contribution < -0.4 is 5.32 Å². The Kier molecular flexibility index (Phi) is 4.30. The minimum atomic E-state index is 1.05. The molecule has 2 aliphatic rings. The van der Waals surface area contributed by atoms with Crippen LogP contribution in [0.15, 0.2) is 0 Å². The highest BCUT2D eigenvalue weighted by Crippen LogP contribution is 2.30. The van der Waals surface area contributed by atoms with Gasteiger partial charge < -0.3 is 5.32 Å². The monoisotopic (exact) mass is 195 g/mol. The normalized spacial score (nSPS) is 25.7. The van der Waals surface area contributed by atoms with E-state index >= 15 is 0 Å². The molecule has 1 heteroatoms. The average molecular weight is 195 g/mol. The summed E-state index contributed by atoms with van der Waals surface area (Å²) in [4.78, 5) is 0. The lowest BCUT2D eigenvalue weighted by Gasteiger charge is -2.22. The molecule has 0 aromatic heterocycles. The third-order valence-corrected chi connectivity index (χ3v) is 4.16. The Morgan fingerprint density at radius 3 is 2.00 bits per heavy atom. The van der Waals surface area contributed by atoms with Crippen LogP contribution in [-0.4, -0.2) is 13.1 Å². The van der Waals surface area contributed by atoms with E-state index in [0.29, 0.717) is 0 Å². The van der Waals surface area contributed by atoms with Gasteiger partial charge in [0.05, 0.1) is 0 Å². The standard InChI is InChI=1S/C13H25N/c1-2-5-12(4-1)6-3-7-13-8-10-14-11-9-13/h12-14H,1-11H2. The van der Waals surface area contributed by atoms with Crippen LogP contribution in [0.4, 0.5) is 0 Å². The van der Waals surface area contributed by atoms with Gasteiger partial charge in [-0.05, 0) is 37.8 Å². The third kappa shape index (κ3) is 3.27. The van der Waals surface area contributed by atoms with Crippen LogP contribution in [0.25, 0.3) is 0 Å². The zero-order valence-electron chi connectivity index (χ0n) is 9.43. The molecule has 1 N–H and O–H groups in total. The van der Waals surface area contributed by atoms with Gasteiger partial charge in [0.1, 0.15) is 0 Å². The molecule has 1 saturated heterocycles. The van der Waals surface area contributed by atoms with Crippen molar-refractivity contribution in [2.45, 2.75) is 57.8 Å². The van der Waals surface area contributed by atoms with Crippen molar-refractivity contribution in [2.75, 3.05) is 13.1 Å². The molecule has 1 saturated carbocycles.